The van der Waals surface area contributed by atoms with Crippen LogP contribution < -0.4 is 5.32 Å². The summed E-state index contributed by atoms with van der Waals surface area (Å²) in [6, 6.07) is 3.81. The molecular weight excluding hydrogens is 267 g/mol. The van der Waals surface area contributed by atoms with Gasteiger partial charge in [-0.15, -0.1) is 0 Å². The molecule has 2 rings (SSSR count). The topological polar surface area (TPSA) is 49.4 Å². The van der Waals surface area contributed by atoms with Crippen molar-refractivity contribution in [3.8, 4) is 0 Å². The smallest absolute Gasteiger partial charge is 0.243 e. The molecule has 0 saturated carbocycles. The molecule has 0 bridgehead atoms. The fraction of sp³-hybridized carbons (Fsp3) is 0.538. The van der Waals surface area contributed by atoms with E-state index in [4.69, 9.17) is 0 Å². The van der Waals surface area contributed by atoms with E-state index in [9.17, 15) is 12.8 Å². The maximum Gasteiger partial charge on any atom is 0.243 e. The van der Waals surface area contributed by atoms with Crippen molar-refractivity contribution in [1.29, 1.82) is 0 Å². The lowest BCUT2D eigenvalue weighted by Crippen LogP contribution is -2.30. The Morgan fingerprint density at radius 2 is 2.21 bits per heavy atom. The van der Waals surface area contributed by atoms with E-state index in [1.54, 1.807) is 6.92 Å². The van der Waals surface area contributed by atoms with Crippen LogP contribution in [0, 0.1) is 18.7 Å². The number of hydrogen-bond acceptors (Lipinski definition) is 3. The summed E-state index contributed by atoms with van der Waals surface area (Å²) in [6.45, 7) is 3.50. The molecule has 19 heavy (non-hydrogen) atoms. The molecule has 0 spiro atoms. The van der Waals surface area contributed by atoms with Gasteiger partial charge in [0.2, 0.25) is 10.0 Å². The molecule has 1 aliphatic heterocycles. The van der Waals surface area contributed by atoms with Gasteiger partial charge in [0.1, 0.15) is 5.82 Å². The second-order valence-corrected chi connectivity index (χ2v) is 6.89. The molecule has 4 nitrogen and oxygen atoms in total. The Balaban J connectivity index is 2.23. The summed E-state index contributed by atoms with van der Waals surface area (Å²) in [5, 5.41) is 3.07. The number of halogens is 1. The predicted molar refractivity (Wildman–Crippen MR) is 71.9 cm³/mol. The van der Waals surface area contributed by atoms with Gasteiger partial charge in [-0.2, -0.15) is 4.31 Å². The van der Waals surface area contributed by atoms with Crippen LogP contribution in [0.1, 0.15) is 12.0 Å². The predicted octanol–water partition coefficient (Wildman–Crippen LogP) is 1.36. The van der Waals surface area contributed by atoms with E-state index in [0.29, 0.717) is 24.6 Å². The van der Waals surface area contributed by atoms with Crippen LogP contribution in [0.2, 0.25) is 0 Å². The minimum atomic E-state index is -3.50. The second-order valence-electron chi connectivity index (χ2n) is 4.99. The number of sulfonamides is 1. The normalized spacial score (nSPS) is 20.9. The third-order valence-corrected chi connectivity index (χ3v) is 5.52. The molecule has 0 radical (unpaired) electrons. The highest BCUT2D eigenvalue weighted by Gasteiger charge is 2.32. The minimum absolute atomic E-state index is 0.207. The van der Waals surface area contributed by atoms with Crippen molar-refractivity contribution in [3.05, 3.63) is 29.6 Å². The zero-order valence-electron chi connectivity index (χ0n) is 11.2. The van der Waals surface area contributed by atoms with E-state index < -0.39 is 15.8 Å². The Hall–Kier alpha value is -0.980. The molecule has 0 amide bonds. The summed E-state index contributed by atoms with van der Waals surface area (Å²) < 4.78 is 39.6. The van der Waals surface area contributed by atoms with Gasteiger partial charge in [0.25, 0.3) is 0 Å². The maximum absolute atomic E-state index is 13.1. The molecule has 1 atom stereocenters. The van der Waals surface area contributed by atoms with E-state index in [2.05, 4.69) is 5.32 Å². The lowest BCUT2D eigenvalue weighted by atomic mass is 10.1. The Bertz CT molecular complexity index is 560. The van der Waals surface area contributed by atoms with Gasteiger partial charge in [-0.25, -0.2) is 12.8 Å². The number of aryl methyl sites for hydroxylation is 1. The zero-order chi connectivity index (χ0) is 14.0. The molecule has 0 aliphatic carbocycles. The molecule has 6 heteroatoms. The Morgan fingerprint density at radius 1 is 1.47 bits per heavy atom. The van der Waals surface area contributed by atoms with Crippen molar-refractivity contribution in [2.75, 3.05) is 26.7 Å². The number of benzene rings is 1. The number of rotatable bonds is 4. The third-order valence-electron chi connectivity index (χ3n) is 3.50. The summed E-state index contributed by atoms with van der Waals surface area (Å²) in [4.78, 5) is 0.207. The van der Waals surface area contributed by atoms with E-state index in [-0.39, 0.29) is 4.90 Å². The fourth-order valence-electron chi connectivity index (χ4n) is 2.51. The van der Waals surface area contributed by atoms with Gasteiger partial charge >= 0.3 is 0 Å². The first-order valence-corrected chi connectivity index (χ1v) is 7.80. The molecule has 1 N–H and O–H groups in total. The average Bonchev–Trinajstić information content (AvgIpc) is 2.78. The van der Waals surface area contributed by atoms with Crippen LogP contribution in [0.25, 0.3) is 0 Å². The van der Waals surface area contributed by atoms with Gasteiger partial charge in [-0.1, -0.05) is 0 Å². The third kappa shape index (κ3) is 2.96. The average molecular weight is 286 g/mol. The molecule has 1 saturated heterocycles. The minimum Gasteiger partial charge on any atom is -0.319 e. The lowest BCUT2D eigenvalue weighted by Gasteiger charge is -2.18. The molecule has 1 unspecified atom stereocenters. The Morgan fingerprint density at radius 3 is 2.84 bits per heavy atom. The van der Waals surface area contributed by atoms with E-state index in [0.717, 1.165) is 13.0 Å². The Kier molecular flexibility index (Phi) is 4.23. The largest absolute Gasteiger partial charge is 0.319 e. The summed E-state index contributed by atoms with van der Waals surface area (Å²) in [6.07, 6.45) is 0.861. The van der Waals surface area contributed by atoms with Crippen molar-refractivity contribution in [2.24, 2.45) is 5.92 Å². The van der Waals surface area contributed by atoms with Crippen LogP contribution in [-0.4, -0.2) is 39.4 Å². The van der Waals surface area contributed by atoms with Crippen molar-refractivity contribution >= 4 is 10.0 Å². The first-order chi connectivity index (χ1) is 8.95. The van der Waals surface area contributed by atoms with Crippen molar-refractivity contribution in [1.82, 2.24) is 9.62 Å². The lowest BCUT2D eigenvalue weighted by molar-refractivity contribution is 0.450. The van der Waals surface area contributed by atoms with E-state index in [1.807, 2.05) is 7.05 Å². The van der Waals surface area contributed by atoms with Crippen LogP contribution in [0.3, 0.4) is 0 Å². The molecule has 0 aromatic heterocycles. The second kappa shape index (κ2) is 5.56. The number of nitrogens with one attached hydrogen (secondary N) is 1. The highest BCUT2D eigenvalue weighted by molar-refractivity contribution is 7.89. The standard InChI is InChI=1S/C13H19FN2O2S/c1-10-7-12(14)3-4-13(10)19(17,18)16-6-5-11(9-16)8-15-2/h3-4,7,11,15H,5-6,8-9H2,1-2H3. The molecular formula is C13H19FN2O2S. The van der Waals surface area contributed by atoms with Crippen molar-refractivity contribution < 1.29 is 12.8 Å². The van der Waals surface area contributed by atoms with Crippen LogP contribution >= 0.6 is 0 Å². The first kappa shape index (κ1) is 14.4. The summed E-state index contributed by atoms with van der Waals surface area (Å²) in [5.74, 6) is -0.0635. The zero-order valence-corrected chi connectivity index (χ0v) is 12.0. The van der Waals surface area contributed by atoms with Crippen LogP contribution in [0.4, 0.5) is 4.39 Å². The molecule has 1 heterocycles. The summed E-state index contributed by atoms with van der Waals surface area (Å²) >= 11 is 0. The van der Waals surface area contributed by atoms with Crippen LogP contribution in [-0.2, 0) is 10.0 Å². The SMILES string of the molecule is CNCC1CCN(S(=O)(=O)c2ccc(F)cc2C)C1. The van der Waals surface area contributed by atoms with Gasteiger partial charge in [-0.05, 0) is 56.6 Å². The summed E-state index contributed by atoms with van der Waals surface area (Å²) in [7, 11) is -1.64. The quantitative estimate of drug-likeness (QED) is 0.909. The van der Waals surface area contributed by atoms with Crippen LogP contribution in [0.15, 0.2) is 23.1 Å². The van der Waals surface area contributed by atoms with Gasteiger partial charge in [0.05, 0.1) is 4.90 Å². The highest BCUT2D eigenvalue weighted by Crippen LogP contribution is 2.26. The molecule has 1 aliphatic rings. The van der Waals surface area contributed by atoms with Crippen LogP contribution in [0.5, 0.6) is 0 Å². The molecule has 1 aromatic rings. The monoisotopic (exact) mass is 286 g/mol. The highest BCUT2D eigenvalue weighted by atomic mass is 32.2. The Labute approximate surface area is 113 Å². The van der Waals surface area contributed by atoms with Gasteiger partial charge in [-0.3, -0.25) is 0 Å². The van der Waals surface area contributed by atoms with E-state index >= 15 is 0 Å². The molecule has 1 aromatic carbocycles. The molecule has 1 fully saturated rings. The van der Waals surface area contributed by atoms with Gasteiger partial charge in [0.15, 0.2) is 0 Å². The fourth-order valence-corrected chi connectivity index (χ4v) is 4.25. The molecule has 106 valence electrons. The summed E-state index contributed by atoms with van der Waals surface area (Å²) in [5.41, 5.74) is 0.456. The van der Waals surface area contributed by atoms with Crippen molar-refractivity contribution in [2.45, 2.75) is 18.2 Å². The van der Waals surface area contributed by atoms with Crippen molar-refractivity contribution in [3.63, 3.8) is 0 Å². The van der Waals surface area contributed by atoms with Gasteiger partial charge in [0, 0.05) is 13.1 Å². The number of nitrogens with zero attached hydrogens (tertiary/aromatic N) is 1. The van der Waals surface area contributed by atoms with E-state index in [1.165, 1.54) is 22.5 Å². The van der Waals surface area contributed by atoms with Gasteiger partial charge < -0.3 is 5.32 Å². The maximum atomic E-state index is 13.1. The first-order valence-electron chi connectivity index (χ1n) is 6.36. The number of hydrogen-bond donors (Lipinski definition) is 1.